The molecule has 2 atom stereocenters. The first-order valence-electron chi connectivity index (χ1n) is 11.5. The molecule has 2 aliphatic heterocycles. The summed E-state index contributed by atoms with van der Waals surface area (Å²) < 4.78 is 7.93. The first-order chi connectivity index (χ1) is 16.8. The zero-order valence-electron chi connectivity index (χ0n) is 19.8. The highest BCUT2D eigenvalue weighted by atomic mass is 32.2. The Bertz CT molecular complexity index is 1390. The van der Waals surface area contributed by atoms with E-state index >= 15 is 0 Å². The number of pyridine rings is 1. The minimum atomic E-state index is -0.214. The van der Waals surface area contributed by atoms with Crippen molar-refractivity contribution in [3.8, 4) is 0 Å². The van der Waals surface area contributed by atoms with Gasteiger partial charge in [-0.2, -0.15) is 0 Å². The van der Waals surface area contributed by atoms with E-state index < -0.39 is 0 Å². The van der Waals surface area contributed by atoms with E-state index in [0.717, 1.165) is 11.1 Å². The van der Waals surface area contributed by atoms with Crippen LogP contribution in [0.1, 0.15) is 30.5 Å². The smallest absolute Gasteiger partial charge is 0.267 e. The van der Waals surface area contributed by atoms with Gasteiger partial charge >= 0.3 is 0 Å². The van der Waals surface area contributed by atoms with E-state index in [1.165, 1.54) is 11.8 Å². The molecule has 2 unspecified atom stereocenters. The predicted octanol–water partition coefficient (Wildman–Crippen LogP) is 4.02. The molecule has 1 amide bonds. The number of amides is 1. The number of nitrogens with zero attached hydrogens (tertiary/aromatic N) is 4. The Morgan fingerprint density at radius 1 is 1.11 bits per heavy atom. The molecule has 4 heterocycles. The summed E-state index contributed by atoms with van der Waals surface area (Å²) in [6, 6.07) is 13.5. The van der Waals surface area contributed by atoms with Crippen molar-refractivity contribution in [2.45, 2.75) is 39.5 Å². The summed E-state index contributed by atoms with van der Waals surface area (Å²) in [6.45, 7) is 7.56. The highest BCUT2D eigenvalue weighted by Gasteiger charge is 2.33. The largest absolute Gasteiger partial charge is 0.372 e. The molecule has 0 radical (unpaired) electrons. The van der Waals surface area contributed by atoms with Gasteiger partial charge in [0.1, 0.15) is 15.8 Å². The molecule has 5 rings (SSSR count). The molecule has 0 saturated carbocycles. The van der Waals surface area contributed by atoms with Gasteiger partial charge in [-0.3, -0.25) is 18.9 Å². The third-order valence-corrected chi connectivity index (χ3v) is 7.49. The lowest BCUT2D eigenvalue weighted by Crippen LogP contribution is -2.46. The number of thiocarbonyl (C=S) groups is 1. The number of ether oxygens (including phenoxy) is 1. The average Bonchev–Trinajstić information content (AvgIpc) is 3.08. The number of thioether (sulfide) groups is 1. The number of morpholine rings is 1. The number of carbonyl (C=O) groups is 1. The highest BCUT2D eigenvalue weighted by Crippen LogP contribution is 2.35. The fourth-order valence-electron chi connectivity index (χ4n) is 4.55. The molecule has 0 N–H and O–H groups in total. The lowest BCUT2D eigenvalue weighted by molar-refractivity contribution is -0.122. The molecule has 1 aromatic carbocycles. The molecular formula is C26H26N4O3S2. The van der Waals surface area contributed by atoms with Gasteiger partial charge < -0.3 is 9.64 Å². The van der Waals surface area contributed by atoms with Gasteiger partial charge in [-0.1, -0.05) is 60.4 Å². The van der Waals surface area contributed by atoms with E-state index in [1.54, 1.807) is 21.6 Å². The molecule has 9 heteroatoms. The van der Waals surface area contributed by atoms with Crippen molar-refractivity contribution >= 4 is 51.7 Å². The van der Waals surface area contributed by atoms with Gasteiger partial charge in [0.2, 0.25) is 0 Å². The molecule has 2 saturated heterocycles. The second-order valence-electron chi connectivity index (χ2n) is 8.95. The summed E-state index contributed by atoms with van der Waals surface area (Å²) in [7, 11) is 0. The SMILES string of the molecule is Cc1cccn2c(=O)c(/C=C3/SC(=S)N(Cc4ccccc4)C3=O)c(N3CC(C)OC(C)C3)nc12. The standard InChI is InChI=1S/C26H26N4O3S2/c1-16-8-7-11-29-22(16)27-23(28-13-17(2)33-18(3)14-28)20(24(29)31)12-21-25(32)30(26(34)35-21)15-19-9-5-4-6-10-19/h4-12,17-18H,13-15H2,1-3H3/b21-12+. The maximum absolute atomic E-state index is 13.7. The number of fused-ring (bicyclic) bond motifs is 1. The van der Waals surface area contributed by atoms with Gasteiger partial charge in [-0.25, -0.2) is 4.98 Å². The fourth-order valence-corrected chi connectivity index (χ4v) is 5.79. The number of rotatable bonds is 4. The van der Waals surface area contributed by atoms with Crippen molar-refractivity contribution in [2.75, 3.05) is 18.0 Å². The Balaban J connectivity index is 1.60. The van der Waals surface area contributed by atoms with Crippen LogP contribution in [0.2, 0.25) is 0 Å². The number of carbonyl (C=O) groups excluding carboxylic acids is 1. The zero-order valence-corrected chi connectivity index (χ0v) is 21.4. The molecule has 35 heavy (non-hydrogen) atoms. The second kappa shape index (κ2) is 9.56. The highest BCUT2D eigenvalue weighted by molar-refractivity contribution is 8.26. The molecule has 0 spiro atoms. The number of benzene rings is 1. The first-order valence-corrected chi connectivity index (χ1v) is 12.8. The van der Waals surface area contributed by atoms with Crippen LogP contribution in [0.25, 0.3) is 11.7 Å². The minimum Gasteiger partial charge on any atom is -0.372 e. The summed E-state index contributed by atoms with van der Waals surface area (Å²) in [5.41, 5.74) is 2.67. The van der Waals surface area contributed by atoms with E-state index in [2.05, 4.69) is 4.90 Å². The van der Waals surface area contributed by atoms with Gasteiger partial charge in [-0.15, -0.1) is 0 Å². The molecule has 180 valence electrons. The Morgan fingerprint density at radius 3 is 2.54 bits per heavy atom. The molecule has 2 aliphatic rings. The van der Waals surface area contributed by atoms with Crippen LogP contribution in [0.15, 0.2) is 58.4 Å². The van der Waals surface area contributed by atoms with E-state index in [0.29, 0.717) is 45.9 Å². The Morgan fingerprint density at radius 2 is 1.83 bits per heavy atom. The van der Waals surface area contributed by atoms with Gasteiger partial charge in [0, 0.05) is 19.3 Å². The van der Waals surface area contributed by atoms with Crippen LogP contribution in [0.3, 0.4) is 0 Å². The predicted molar refractivity (Wildman–Crippen MR) is 144 cm³/mol. The zero-order chi connectivity index (χ0) is 24.7. The third kappa shape index (κ3) is 4.63. The lowest BCUT2D eigenvalue weighted by atomic mass is 10.1. The molecule has 2 fully saturated rings. The number of hydrogen-bond donors (Lipinski definition) is 0. The number of anilines is 1. The van der Waals surface area contributed by atoms with Gasteiger partial charge in [0.05, 0.1) is 29.2 Å². The van der Waals surface area contributed by atoms with Crippen LogP contribution >= 0.6 is 24.0 Å². The minimum absolute atomic E-state index is 0.00666. The Labute approximate surface area is 213 Å². The number of aromatic nitrogens is 2. The quantitative estimate of drug-likeness (QED) is 0.391. The van der Waals surface area contributed by atoms with Gasteiger partial charge in [0.25, 0.3) is 11.5 Å². The summed E-state index contributed by atoms with van der Waals surface area (Å²) in [5.74, 6) is 0.367. The van der Waals surface area contributed by atoms with Crippen molar-refractivity contribution in [1.29, 1.82) is 0 Å². The number of aryl methyl sites for hydroxylation is 1. The normalized spacial score (nSPS) is 22.0. The van der Waals surface area contributed by atoms with Crippen LogP contribution in [-0.4, -0.2) is 49.8 Å². The maximum Gasteiger partial charge on any atom is 0.267 e. The van der Waals surface area contributed by atoms with E-state index in [-0.39, 0.29) is 23.7 Å². The van der Waals surface area contributed by atoms with Crippen LogP contribution < -0.4 is 10.5 Å². The van der Waals surface area contributed by atoms with Crippen molar-refractivity contribution in [1.82, 2.24) is 14.3 Å². The molecule has 7 nitrogen and oxygen atoms in total. The lowest BCUT2D eigenvalue weighted by Gasteiger charge is -2.36. The average molecular weight is 507 g/mol. The van der Waals surface area contributed by atoms with E-state index in [4.69, 9.17) is 21.9 Å². The third-order valence-electron chi connectivity index (χ3n) is 6.12. The molecule has 3 aromatic rings. The number of hydrogen-bond acceptors (Lipinski definition) is 7. The first kappa shape index (κ1) is 23.7. The summed E-state index contributed by atoms with van der Waals surface area (Å²) in [4.78, 5) is 36.1. The van der Waals surface area contributed by atoms with Gasteiger partial charge in [0.15, 0.2) is 0 Å². The summed E-state index contributed by atoms with van der Waals surface area (Å²) in [6.07, 6.45) is 3.36. The van der Waals surface area contributed by atoms with Gasteiger partial charge in [-0.05, 0) is 44.0 Å². The Hall–Kier alpha value is -3.01. The maximum atomic E-state index is 13.7. The van der Waals surface area contributed by atoms with Crippen LogP contribution in [0.4, 0.5) is 5.82 Å². The van der Waals surface area contributed by atoms with Crippen molar-refractivity contribution in [3.63, 3.8) is 0 Å². The summed E-state index contributed by atoms with van der Waals surface area (Å²) >= 11 is 6.75. The molecular weight excluding hydrogens is 480 g/mol. The molecule has 0 bridgehead atoms. The van der Waals surface area contributed by atoms with E-state index in [1.807, 2.05) is 63.2 Å². The van der Waals surface area contributed by atoms with Crippen molar-refractivity contribution in [3.05, 3.63) is 80.6 Å². The van der Waals surface area contributed by atoms with Crippen LogP contribution in [-0.2, 0) is 16.1 Å². The topological polar surface area (TPSA) is 67.2 Å². The van der Waals surface area contributed by atoms with E-state index in [9.17, 15) is 9.59 Å². The summed E-state index contributed by atoms with van der Waals surface area (Å²) in [5, 5.41) is 0. The Kier molecular flexibility index (Phi) is 6.48. The fraction of sp³-hybridized carbons (Fsp3) is 0.308. The van der Waals surface area contributed by atoms with Crippen LogP contribution in [0, 0.1) is 6.92 Å². The monoisotopic (exact) mass is 506 g/mol. The molecule has 0 aliphatic carbocycles. The van der Waals surface area contributed by atoms with Crippen LogP contribution in [0.5, 0.6) is 0 Å². The molecule has 2 aromatic heterocycles. The van der Waals surface area contributed by atoms with Crippen molar-refractivity contribution < 1.29 is 9.53 Å². The second-order valence-corrected chi connectivity index (χ2v) is 10.6. The van der Waals surface area contributed by atoms with Crippen molar-refractivity contribution in [2.24, 2.45) is 0 Å².